The molecule has 0 saturated carbocycles. The van der Waals surface area contributed by atoms with Crippen LogP contribution in [0.3, 0.4) is 0 Å². The molecule has 0 fully saturated rings. The number of hydrogen-bond acceptors (Lipinski definition) is 5. The van der Waals surface area contributed by atoms with E-state index in [0.717, 1.165) is 15.0 Å². The minimum absolute atomic E-state index is 0.292. The van der Waals surface area contributed by atoms with E-state index in [-0.39, 0.29) is 6.54 Å². The van der Waals surface area contributed by atoms with Crippen LogP contribution in [0.5, 0.6) is 5.75 Å². The number of fused-ring (bicyclic) bond motifs is 1. The van der Waals surface area contributed by atoms with Crippen molar-refractivity contribution in [1.82, 2.24) is 9.13 Å². The van der Waals surface area contributed by atoms with E-state index < -0.39 is 17.2 Å². The summed E-state index contributed by atoms with van der Waals surface area (Å²) >= 11 is 13.5. The first-order valence-corrected chi connectivity index (χ1v) is 11.4. The molecule has 7 nitrogen and oxygen atoms in total. The molecular formula is C23H19Cl2N3O4S. The van der Waals surface area contributed by atoms with Crippen molar-refractivity contribution >= 4 is 56.3 Å². The van der Waals surface area contributed by atoms with Gasteiger partial charge < -0.3 is 10.1 Å². The second-order valence-electron chi connectivity index (χ2n) is 7.35. The number of nitrogens with zero attached hydrogens (tertiary/aromatic N) is 2. The number of anilines is 1. The minimum Gasteiger partial charge on any atom is -0.495 e. The fourth-order valence-electron chi connectivity index (χ4n) is 3.53. The molecule has 170 valence electrons. The zero-order chi connectivity index (χ0) is 23.9. The molecule has 0 radical (unpaired) electrons. The Bertz CT molecular complexity index is 1520. The number of carbonyl (C=O) groups excluding carboxylic acids is 1. The third kappa shape index (κ3) is 4.29. The van der Waals surface area contributed by atoms with Crippen molar-refractivity contribution in [2.75, 3.05) is 12.4 Å². The van der Waals surface area contributed by atoms with Crippen LogP contribution in [-0.4, -0.2) is 22.2 Å². The van der Waals surface area contributed by atoms with Gasteiger partial charge in [0.15, 0.2) is 0 Å². The Morgan fingerprint density at radius 1 is 1.12 bits per heavy atom. The van der Waals surface area contributed by atoms with Crippen LogP contribution in [0.4, 0.5) is 5.69 Å². The molecule has 1 N–H and O–H groups in total. The normalized spacial score (nSPS) is 11.1. The first kappa shape index (κ1) is 23.1. The zero-order valence-electron chi connectivity index (χ0n) is 17.9. The molecule has 2 aromatic heterocycles. The predicted octanol–water partition coefficient (Wildman–Crippen LogP) is 4.78. The quantitative estimate of drug-likeness (QED) is 0.424. The second kappa shape index (κ2) is 9.05. The highest BCUT2D eigenvalue weighted by molar-refractivity contribution is 7.18. The van der Waals surface area contributed by atoms with Crippen molar-refractivity contribution in [1.29, 1.82) is 0 Å². The van der Waals surface area contributed by atoms with Crippen LogP contribution in [-0.2, 0) is 11.3 Å². The number of amides is 1. The van der Waals surface area contributed by atoms with E-state index in [4.69, 9.17) is 27.9 Å². The largest absolute Gasteiger partial charge is 0.495 e. The van der Waals surface area contributed by atoms with E-state index in [1.807, 2.05) is 13.8 Å². The van der Waals surface area contributed by atoms with Crippen molar-refractivity contribution in [3.63, 3.8) is 0 Å². The molecule has 0 atom stereocenters. The predicted molar refractivity (Wildman–Crippen MR) is 133 cm³/mol. The number of aromatic nitrogens is 2. The van der Waals surface area contributed by atoms with E-state index in [1.54, 1.807) is 36.4 Å². The highest BCUT2D eigenvalue weighted by Crippen LogP contribution is 2.29. The van der Waals surface area contributed by atoms with Gasteiger partial charge in [-0.1, -0.05) is 29.3 Å². The van der Waals surface area contributed by atoms with Crippen molar-refractivity contribution in [3.05, 3.63) is 83.8 Å². The fourth-order valence-corrected chi connectivity index (χ4v) is 5.11. The van der Waals surface area contributed by atoms with Gasteiger partial charge in [0.2, 0.25) is 5.91 Å². The molecule has 0 aliphatic heterocycles. The van der Waals surface area contributed by atoms with E-state index in [2.05, 4.69) is 5.32 Å². The average Bonchev–Trinajstić information content (AvgIpc) is 3.06. The Labute approximate surface area is 202 Å². The third-order valence-corrected chi connectivity index (χ3v) is 7.02. The lowest BCUT2D eigenvalue weighted by atomic mass is 10.2. The van der Waals surface area contributed by atoms with Gasteiger partial charge in [-0.15, -0.1) is 11.3 Å². The van der Waals surface area contributed by atoms with E-state index in [9.17, 15) is 14.4 Å². The molecule has 33 heavy (non-hydrogen) atoms. The molecule has 1 amide bonds. The minimum atomic E-state index is -0.626. The molecule has 4 aromatic rings. The summed E-state index contributed by atoms with van der Waals surface area (Å²) in [6.45, 7) is 3.41. The lowest BCUT2D eigenvalue weighted by Gasteiger charge is -2.13. The van der Waals surface area contributed by atoms with Crippen molar-refractivity contribution in [2.45, 2.75) is 20.4 Å². The summed E-state index contributed by atoms with van der Waals surface area (Å²) in [6.07, 6.45) is 0. The number of hydrogen-bond donors (Lipinski definition) is 1. The number of methoxy groups -OCH3 is 1. The Balaban J connectivity index is 1.82. The third-order valence-electron chi connectivity index (χ3n) is 5.25. The van der Waals surface area contributed by atoms with Crippen LogP contribution in [0, 0.1) is 13.8 Å². The lowest BCUT2D eigenvalue weighted by Crippen LogP contribution is -2.40. The number of benzene rings is 2. The summed E-state index contributed by atoms with van der Waals surface area (Å²) in [5, 5.41) is 3.87. The SMILES string of the molecule is COc1ccc(NC(=O)Cn2c(=O)n(-c3cccc(Cl)c3)c(=O)c3c(C)c(C)sc32)cc1Cl. The Kier molecular flexibility index (Phi) is 6.34. The highest BCUT2D eigenvalue weighted by Gasteiger charge is 2.21. The molecule has 0 aliphatic rings. The molecule has 0 saturated heterocycles. The summed E-state index contributed by atoms with van der Waals surface area (Å²) in [7, 11) is 1.50. The molecule has 0 bridgehead atoms. The number of halogens is 2. The summed E-state index contributed by atoms with van der Waals surface area (Å²) < 4.78 is 7.48. The first-order valence-electron chi connectivity index (χ1n) is 9.86. The number of nitrogens with one attached hydrogen (secondary N) is 1. The molecule has 0 unspecified atom stereocenters. The Morgan fingerprint density at radius 3 is 2.55 bits per heavy atom. The maximum Gasteiger partial charge on any atom is 0.337 e. The number of aryl methyl sites for hydroxylation is 2. The first-order chi connectivity index (χ1) is 15.7. The zero-order valence-corrected chi connectivity index (χ0v) is 20.3. The maximum atomic E-state index is 13.4. The van der Waals surface area contributed by atoms with Gasteiger partial charge >= 0.3 is 5.69 Å². The molecule has 4 rings (SSSR count). The number of rotatable bonds is 5. The maximum absolute atomic E-state index is 13.4. The molecule has 0 aliphatic carbocycles. The van der Waals surface area contributed by atoms with Crippen molar-refractivity contribution in [3.8, 4) is 11.4 Å². The molecule has 2 aromatic carbocycles. The van der Waals surface area contributed by atoms with Crippen LogP contribution in [0.1, 0.15) is 10.4 Å². The lowest BCUT2D eigenvalue weighted by molar-refractivity contribution is -0.116. The van der Waals surface area contributed by atoms with Gasteiger partial charge in [-0.05, 0) is 55.8 Å². The second-order valence-corrected chi connectivity index (χ2v) is 9.40. The van der Waals surface area contributed by atoms with Crippen molar-refractivity contribution < 1.29 is 9.53 Å². The summed E-state index contributed by atoms with van der Waals surface area (Å²) in [6, 6.07) is 11.3. The number of ether oxygens (including phenoxy) is 1. The van der Waals surface area contributed by atoms with Gasteiger partial charge in [0.1, 0.15) is 17.1 Å². The van der Waals surface area contributed by atoms with E-state index in [0.29, 0.717) is 37.4 Å². The van der Waals surface area contributed by atoms with E-state index >= 15 is 0 Å². The molecule has 10 heteroatoms. The molecule has 2 heterocycles. The van der Waals surface area contributed by atoms with Crippen LogP contribution in [0.15, 0.2) is 52.1 Å². The van der Waals surface area contributed by atoms with Crippen LogP contribution in [0.2, 0.25) is 10.0 Å². The van der Waals surface area contributed by atoms with Crippen molar-refractivity contribution in [2.24, 2.45) is 0 Å². The fraction of sp³-hybridized carbons (Fsp3) is 0.174. The Morgan fingerprint density at radius 2 is 1.88 bits per heavy atom. The highest BCUT2D eigenvalue weighted by atomic mass is 35.5. The summed E-state index contributed by atoms with van der Waals surface area (Å²) in [5.41, 5.74) is 0.485. The van der Waals surface area contributed by atoms with Gasteiger partial charge in [-0.25, -0.2) is 9.36 Å². The van der Waals surface area contributed by atoms with Gasteiger partial charge in [0, 0.05) is 15.6 Å². The van der Waals surface area contributed by atoms with Gasteiger partial charge in [0.25, 0.3) is 5.56 Å². The van der Waals surface area contributed by atoms with Crippen LogP contribution >= 0.6 is 34.5 Å². The molecular weight excluding hydrogens is 485 g/mol. The average molecular weight is 504 g/mol. The van der Waals surface area contributed by atoms with Gasteiger partial charge in [0.05, 0.1) is 23.2 Å². The van der Waals surface area contributed by atoms with E-state index in [1.165, 1.54) is 29.1 Å². The van der Waals surface area contributed by atoms with Gasteiger partial charge in [-0.3, -0.25) is 14.2 Å². The summed E-state index contributed by atoms with van der Waals surface area (Å²) in [4.78, 5) is 41.0. The number of thiophene rings is 1. The standard InChI is InChI=1S/C23H19Cl2N3O4S/c1-12-13(2)33-22-20(12)21(30)28(16-6-4-5-14(24)9-16)23(31)27(22)11-19(29)26-15-7-8-18(32-3)17(25)10-15/h4-10H,11H2,1-3H3,(H,26,29). The van der Waals surface area contributed by atoms with Gasteiger partial charge in [-0.2, -0.15) is 0 Å². The van der Waals surface area contributed by atoms with Crippen LogP contribution < -0.4 is 21.3 Å². The smallest absolute Gasteiger partial charge is 0.337 e. The van der Waals surface area contributed by atoms with Crippen LogP contribution in [0.25, 0.3) is 15.9 Å². The topological polar surface area (TPSA) is 82.3 Å². The number of carbonyl (C=O) groups is 1. The summed E-state index contributed by atoms with van der Waals surface area (Å²) in [5.74, 6) is 0.0327. The monoisotopic (exact) mass is 503 g/mol. The molecule has 0 spiro atoms. The Hall–Kier alpha value is -3.07.